The van der Waals surface area contributed by atoms with Gasteiger partial charge < -0.3 is 10.1 Å². The number of para-hydroxylation sites is 1. The molecule has 1 aromatic carbocycles. The molecule has 1 N–H and O–H groups in total. The number of anilines is 1. The van der Waals surface area contributed by atoms with Crippen LogP contribution in [0.1, 0.15) is 29.9 Å². The molecule has 0 unspecified atom stereocenters. The molecule has 0 spiro atoms. The van der Waals surface area contributed by atoms with E-state index in [1.165, 1.54) is 0 Å². The van der Waals surface area contributed by atoms with Gasteiger partial charge in [-0.05, 0) is 32.0 Å². The number of carbonyl (C=O) groups is 1. The fourth-order valence-corrected chi connectivity index (χ4v) is 2.00. The molecule has 1 aromatic heterocycles. The number of nitrogens with zero attached hydrogens (tertiary/aromatic N) is 2. The van der Waals surface area contributed by atoms with Gasteiger partial charge >= 0.3 is 5.97 Å². The number of benzene rings is 1. The summed E-state index contributed by atoms with van der Waals surface area (Å²) in [4.78, 5) is 11.9. The summed E-state index contributed by atoms with van der Waals surface area (Å²) in [5, 5.41) is 7.49. The van der Waals surface area contributed by atoms with Crippen molar-refractivity contribution in [1.82, 2.24) is 9.78 Å². The van der Waals surface area contributed by atoms with Gasteiger partial charge in [-0.15, -0.1) is 0 Å². The Bertz CT molecular complexity index is 578. The number of ether oxygens (including phenoxy) is 1. The topological polar surface area (TPSA) is 56.1 Å². The van der Waals surface area contributed by atoms with Gasteiger partial charge in [-0.1, -0.05) is 12.1 Å². The lowest BCUT2D eigenvalue weighted by molar-refractivity contribution is 0.0527. The standard InChI is InChI=1S/C15H19N3O2/c1-3-18-12(9-10-17-18)11-16-14-8-6-5-7-13(14)15(19)20-4-2/h5-10,16H,3-4,11H2,1-2H3. The Kier molecular flexibility index (Phi) is 4.76. The smallest absolute Gasteiger partial charge is 0.340 e. The third-order valence-electron chi connectivity index (χ3n) is 2.99. The monoisotopic (exact) mass is 273 g/mol. The van der Waals surface area contributed by atoms with Crippen LogP contribution in [-0.2, 0) is 17.8 Å². The fourth-order valence-electron chi connectivity index (χ4n) is 2.00. The van der Waals surface area contributed by atoms with E-state index in [0.29, 0.717) is 18.7 Å². The number of aromatic nitrogens is 2. The van der Waals surface area contributed by atoms with Crippen molar-refractivity contribution in [3.8, 4) is 0 Å². The number of aryl methyl sites for hydroxylation is 1. The molecule has 1 heterocycles. The van der Waals surface area contributed by atoms with E-state index in [0.717, 1.165) is 17.9 Å². The minimum absolute atomic E-state index is 0.306. The first-order chi connectivity index (χ1) is 9.76. The molecule has 0 fully saturated rings. The fraction of sp³-hybridized carbons (Fsp3) is 0.333. The van der Waals surface area contributed by atoms with E-state index in [1.54, 1.807) is 19.2 Å². The molecule has 0 aliphatic heterocycles. The lowest BCUT2D eigenvalue weighted by Crippen LogP contribution is -2.12. The Morgan fingerprint density at radius 1 is 1.30 bits per heavy atom. The zero-order valence-corrected chi connectivity index (χ0v) is 11.8. The van der Waals surface area contributed by atoms with Crippen LogP contribution < -0.4 is 5.32 Å². The van der Waals surface area contributed by atoms with Crippen molar-refractivity contribution in [1.29, 1.82) is 0 Å². The van der Waals surface area contributed by atoms with Crippen LogP contribution in [-0.4, -0.2) is 22.4 Å². The van der Waals surface area contributed by atoms with Gasteiger partial charge in [0, 0.05) is 18.4 Å². The molecule has 0 radical (unpaired) electrons. The van der Waals surface area contributed by atoms with E-state index in [2.05, 4.69) is 10.4 Å². The first-order valence-electron chi connectivity index (χ1n) is 6.77. The summed E-state index contributed by atoms with van der Waals surface area (Å²) in [5.74, 6) is -0.306. The normalized spacial score (nSPS) is 10.3. The molecule has 5 nitrogen and oxygen atoms in total. The largest absolute Gasteiger partial charge is 0.462 e. The summed E-state index contributed by atoms with van der Waals surface area (Å²) < 4.78 is 6.97. The van der Waals surface area contributed by atoms with E-state index in [-0.39, 0.29) is 5.97 Å². The maximum atomic E-state index is 11.9. The summed E-state index contributed by atoms with van der Waals surface area (Å²) in [6, 6.07) is 9.32. The third kappa shape index (κ3) is 3.17. The van der Waals surface area contributed by atoms with Gasteiger partial charge in [0.05, 0.1) is 24.4 Å². The number of hydrogen-bond acceptors (Lipinski definition) is 4. The van der Waals surface area contributed by atoms with Gasteiger partial charge in [0.2, 0.25) is 0 Å². The summed E-state index contributed by atoms with van der Waals surface area (Å²) in [5.41, 5.74) is 2.40. The molecular formula is C15H19N3O2. The molecule has 0 saturated carbocycles. The quantitative estimate of drug-likeness (QED) is 0.822. The lowest BCUT2D eigenvalue weighted by atomic mass is 10.2. The van der Waals surface area contributed by atoms with Crippen molar-refractivity contribution in [3.05, 3.63) is 47.8 Å². The Morgan fingerprint density at radius 2 is 2.10 bits per heavy atom. The van der Waals surface area contributed by atoms with Crippen LogP contribution in [0.25, 0.3) is 0 Å². The molecule has 0 atom stereocenters. The number of rotatable bonds is 6. The Balaban J connectivity index is 2.11. The van der Waals surface area contributed by atoms with E-state index in [9.17, 15) is 4.79 Å². The van der Waals surface area contributed by atoms with Crippen LogP contribution in [0.5, 0.6) is 0 Å². The van der Waals surface area contributed by atoms with E-state index < -0.39 is 0 Å². The second-order valence-electron chi connectivity index (χ2n) is 4.26. The van der Waals surface area contributed by atoms with Gasteiger partial charge in [-0.25, -0.2) is 4.79 Å². The highest BCUT2D eigenvalue weighted by Gasteiger charge is 2.11. The first-order valence-corrected chi connectivity index (χ1v) is 6.77. The van der Waals surface area contributed by atoms with Crippen LogP contribution in [0.4, 0.5) is 5.69 Å². The summed E-state index contributed by atoms with van der Waals surface area (Å²) in [6.45, 7) is 5.65. The molecule has 0 bridgehead atoms. The van der Waals surface area contributed by atoms with E-state index in [1.807, 2.05) is 35.9 Å². The zero-order valence-electron chi connectivity index (χ0n) is 11.8. The molecule has 0 aliphatic rings. The van der Waals surface area contributed by atoms with Crippen LogP contribution in [0.15, 0.2) is 36.5 Å². The average Bonchev–Trinajstić information content (AvgIpc) is 2.93. The second kappa shape index (κ2) is 6.75. The van der Waals surface area contributed by atoms with Gasteiger partial charge in [-0.3, -0.25) is 4.68 Å². The van der Waals surface area contributed by atoms with Crippen molar-refractivity contribution in [3.63, 3.8) is 0 Å². The van der Waals surface area contributed by atoms with Crippen molar-refractivity contribution in [2.75, 3.05) is 11.9 Å². The second-order valence-corrected chi connectivity index (χ2v) is 4.26. The predicted octanol–water partition coefficient (Wildman–Crippen LogP) is 2.69. The van der Waals surface area contributed by atoms with Gasteiger partial charge in [-0.2, -0.15) is 5.10 Å². The number of hydrogen-bond donors (Lipinski definition) is 1. The van der Waals surface area contributed by atoms with Crippen LogP contribution in [0.2, 0.25) is 0 Å². The lowest BCUT2D eigenvalue weighted by Gasteiger charge is -2.12. The molecule has 0 saturated heterocycles. The maximum absolute atomic E-state index is 11.9. The average molecular weight is 273 g/mol. The Hall–Kier alpha value is -2.30. The predicted molar refractivity (Wildman–Crippen MR) is 77.6 cm³/mol. The van der Waals surface area contributed by atoms with Gasteiger partial charge in [0.15, 0.2) is 0 Å². The molecule has 0 aliphatic carbocycles. The SMILES string of the molecule is CCOC(=O)c1ccccc1NCc1ccnn1CC. The van der Waals surface area contributed by atoms with Crippen molar-refractivity contribution in [2.24, 2.45) is 0 Å². The molecular weight excluding hydrogens is 254 g/mol. The maximum Gasteiger partial charge on any atom is 0.340 e. The molecule has 2 rings (SSSR count). The molecule has 106 valence electrons. The van der Waals surface area contributed by atoms with Crippen LogP contribution in [0, 0.1) is 0 Å². The minimum Gasteiger partial charge on any atom is -0.462 e. The summed E-state index contributed by atoms with van der Waals surface area (Å²) in [6.07, 6.45) is 1.78. The highest BCUT2D eigenvalue weighted by atomic mass is 16.5. The Morgan fingerprint density at radius 3 is 2.85 bits per heavy atom. The Labute approximate surface area is 118 Å². The van der Waals surface area contributed by atoms with Crippen molar-refractivity contribution >= 4 is 11.7 Å². The summed E-state index contributed by atoms with van der Waals surface area (Å²) in [7, 11) is 0. The molecule has 20 heavy (non-hydrogen) atoms. The molecule has 0 amide bonds. The van der Waals surface area contributed by atoms with E-state index in [4.69, 9.17) is 4.74 Å². The van der Waals surface area contributed by atoms with Crippen molar-refractivity contribution < 1.29 is 9.53 Å². The minimum atomic E-state index is -0.306. The van der Waals surface area contributed by atoms with Crippen LogP contribution >= 0.6 is 0 Å². The zero-order chi connectivity index (χ0) is 14.4. The number of carbonyl (C=O) groups excluding carboxylic acids is 1. The van der Waals surface area contributed by atoms with Gasteiger partial charge in [0.1, 0.15) is 0 Å². The number of nitrogens with one attached hydrogen (secondary N) is 1. The first kappa shape index (κ1) is 14.1. The number of esters is 1. The highest BCUT2D eigenvalue weighted by molar-refractivity contribution is 5.95. The highest BCUT2D eigenvalue weighted by Crippen LogP contribution is 2.17. The molecule has 2 aromatic rings. The summed E-state index contributed by atoms with van der Waals surface area (Å²) >= 11 is 0. The van der Waals surface area contributed by atoms with E-state index >= 15 is 0 Å². The van der Waals surface area contributed by atoms with Crippen LogP contribution in [0.3, 0.4) is 0 Å². The molecule has 5 heteroatoms. The van der Waals surface area contributed by atoms with Gasteiger partial charge in [0.25, 0.3) is 0 Å². The van der Waals surface area contributed by atoms with Crippen molar-refractivity contribution in [2.45, 2.75) is 26.9 Å². The third-order valence-corrected chi connectivity index (χ3v) is 2.99.